The zero-order chi connectivity index (χ0) is 9.42. The molecular formula is C10H11BrO2. The van der Waals surface area contributed by atoms with Gasteiger partial charge in [0, 0.05) is 12.0 Å². The van der Waals surface area contributed by atoms with Crippen LogP contribution in [0.5, 0.6) is 11.5 Å². The highest BCUT2D eigenvalue weighted by atomic mass is 79.9. The molecule has 2 nitrogen and oxygen atoms in total. The number of halogens is 1. The van der Waals surface area contributed by atoms with Crippen molar-refractivity contribution in [2.45, 2.75) is 13.3 Å². The standard InChI is InChI=1S/C10H11BrO2/c1-6-5-8(11)10(12-2)7-3-4-13-9(6)7/h5H,3-4H2,1-2H3. The highest BCUT2D eigenvalue weighted by Gasteiger charge is 2.21. The highest BCUT2D eigenvalue weighted by molar-refractivity contribution is 9.10. The Morgan fingerprint density at radius 2 is 2.31 bits per heavy atom. The van der Waals surface area contributed by atoms with Crippen LogP contribution in [0, 0.1) is 6.92 Å². The summed E-state index contributed by atoms with van der Waals surface area (Å²) in [5, 5.41) is 0. The molecule has 0 saturated carbocycles. The van der Waals surface area contributed by atoms with Gasteiger partial charge < -0.3 is 9.47 Å². The number of aryl methyl sites for hydroxylation is 1. The van der Waals surface area contributed by atoms with E-state index in [1.807, 2.05) is 13.0 Å². The van der Waals surface area contributed by atoms with Crippen LogP contribution >= 0.6 is 15.9 Å². The van der Waals surface area contributed by atoms with E-state index in [1.54, 1.807) is 7.11 Å². The molecule has 0 aliphatic carbocycles. The summed E-state index contributed by atoms with van der Waals surface area (Å²) in [6.45, 7) is 2.82. The Bertz CT molecular complexity index is 347. The minimum absolute atomic E-state index is 0.767. The monoisotopic (exact) mass is 242 g/mol. The lowest BCUT2D eigenvalue weighted by molar-refractivity contribution is 0.354. The van der Waals surface area contributed by atoms with Gasteiger partial charge in [0.1, 0.15) is 11.5 Å². The summed E-state index contributed by atoms with van der Waals surface area (Å²) in [5.74, 6) is 1.91. The largest absolute Gasteiger partial charge is 0.495 e. The van der Waals surface area contributed by atoms with Crippen molar-refractivity contribution >= 4 is 15.9 Å². The van der Waals surface area contributed by atoms with Crippen LogP contribution in [-0.2, 0) is 6.42 Å². The van der Waals surface area contributed by atoms with Crippen molar-refractivity contribution < 1.29 is 9.47 Å². The van der Waals surface area contributed by atoms with Crippen LogP contribution in [0.25, 0.3) is 0 Å². The minimum atomic E-state index is 0.767. The first-order valence-electron chi connectivity index (χ1n) is 4.23. The lowest BCUT2D eigenvalue weighted by atomic mass is 10.1. The first-order valence-corrected chi connectivity index (χ1v) is 5.02. The minimum Gasteiger partial charge on any atom is -0.495 e. The van der Waals surface area contributed by atoms with Crippen molar-refractivity contribution in [1.29, 1.82) is 0 Å². The summed E-state index contributed by atoms with van der Waals surface area (Å²) in [7, 11) is 1.69. The van der Waals surface area contributed by atoms with E-state index >= 15 is 0 Å². The molecule has 0 fully saturated rings. The maximum atomic E-state index is 5.53. The molecule has 13 heavy (non-hydrogen) atoms. The molecular weight excluding hydrogens is 232 g/mol. The van der Waals surface area contributed by atoms with E-state index in [0.29, 0.717) is 0 Å². The molecule has 0 spiro atoms. The zero-order valence-corrected chi connectivity index (χ0v) is 9.27. The van der Waals surface area contributed by atoms with Gasteiger partial charge in [-0.1, -0.05) is 0 Å². The third kappa shape index (κ3) is 1.31. The summed E-state index contributed by atoms with van der Waals surface area (Å²) < 4.78 is 11.9. The topological polar surface area (TPSA) is 18.5 Å². The van der Waals surface area contributed by atoms with Crippen molar-refractivity contribution in [3.63, 3.8) is 0 Å². The molecule has 1 aromatic carbocycles. The molecule has 1 heterocycles. The normalized spacial score (nSPS) is 13.8. The smallest absolute Gasteiger partial charge is 0.140 e. The number of ether oxygens (including phenoxy) is 2. The van der Waals surface area contributed by atoms with Crippen LogP contribution in [-0.4, -0.2) is 13.7 Å². The van der Waals surface area contributed by atoms with Gasteiger partial charge in [-0.3, -0.25) is 0 Å². The second-order valence-electron chi connectivity index (χ2n) is 3.11. The lowest BCUT2D eigenvalue weighted by Gasteiger charge is -2.10. The van der Waals surface area contributed by atoms with Gasteiger partial charge in [0.15, 0.2) is 0 Å². The Morgan fingerprint density at radius 3 is 3.00 bits per heavy atom. The van der Waals surface area contributed by atoms with Crippen LogP contribution in [0.4, 0.5) is 0 Å². The average molecular weight is 243 g/mol. The zero-order valence-electron chi connectivity index (χ0n) is 7.69. The molecule has 0 N–H and O–H groups in total. The van der Waals surface area contributed by atoms with Gasteiger partial charge in [0.05, 0.1) is 18.2 Å². The van der Waals surface area contributed by atoms with E-state index in [9.17, 15) is 0 Å². The van der Waals surface area contributed by atoms with E-state index in [1.165, 1.54) is 11.1 Å². The van der Waals surface area contributed by atoms with E-state index in [-0.39, 0.29) is 0 Å². The van der Waals surface area contributed by atoms with Crippen LogP contribution in [0.2, 0.25) is 0 Å². The predicted molar refractivity (Wildman–Crippen MR) is 54.6 cm³/mol. The summed E-state index contributed by atoms with van der Waals surface area (Å²) in [4.78, 5) is 0. The maximum Gasteiger partial charge on any atom is 0.140 e. The fourth-order valence-corrected chi connectivity index (χ4v) is 2.45. The molecule has 0 saturated heterocycles. The van der Waals surface area contributed by atoms with Crippen LogP contribution in [0.1, 0.15) is 11.1 Å². The summed E-state index contributed by atoms with van der Waals surface area (Å²) in [5.41, 5.74) is 2.36. The Kier molecular flexibility index (Phi) is 2.20. The first-order chi connectivity index (χ1) is 6.24. The van der Waals surface area contributed by atoms with E-state index < -0.39 is 0 Å². The number of hydrogen-bond acceptors (Lipinski definition) is 2. The Morgan fingerprint density at radius 1 is 1.54 bits per heavy atom. The summed E-state index contributed by atoms with van der Waals surface area (Å²) in [6.07, 6.45) is 0.943. The third-order valence-electron chi connectivity index (χ3n) is 2.27. The molecule has 1 aliphatic heterocycles. The summed E-state index contributed by atoms with van der Waals surface area (Å²) in [6, 6.07) is 2.03. The van der Waals surface area contributed by atoms with Crippen LogP contribution < -0.4 is 9.47 Å². The van der Waals surface area contributed by atoms with Crippen molar-refractivity contribution in [3.05, 3.63) is 21.7 Å². The average Bonchev–Trinajstić information content (AvgIpc) is 2.53. The number of methoxy groups -OCH3 is 1. The summed E-state index contributed by atoms with van der Waals surface area (Å²) >= 11 is 3.48. The second-order valence-corrected chi connectivity index (χ2v) is 3.97. The molecule has 0 atom stereocenters. The molecule has 0 unspecified atom stereocenters. The highest BCUT2D eigenvalue weighted by Crippen LogP contribution is 2.41. The van der Waals surface area contributed by atoms with Crippen molar-refractivity contribution in [1.82, 2.24) is 0 Å². The molecule has 1 aromatic rings. The maximum absolute atomic E-state index is 5.53. The van der Waals surface area contributed by atoms with Gasteiger partial charge in [0.25, 0.3) is 0 Å². The van der Waals surface area contributed by atoms with Gasteiger partial charge in [-0.15, -0.1) is 0 Å². The van der Waals surface area contributed by atoms with Crippen molar-refractivity contribution in [3.8, 4) is 11.5 Å². The van der Waals surface area contributed by atoms with Gasteiger partial charge >= 0.3 is 0 Å². The molecule has 0 amide bonds. The molecule has 1 aliphatic rings. The SMILES string of the molecule is COc1c(Br)cc(C)c2c1CCO2. The second kappa shape index (κ2) is 3.22. The number of benzene rings is 1. The van der Waals surface area contributed by atoms with Gasteiger partial charge in [-0.05, 0) is 34.5 Å². The lowest BCUT2D eigenvalue weighted by Crippen LogP contribution is -1.91. The first kappa shape index (κ1) is 8.88. The Labute approximate surface area is 86.0 Å². The molecule has 0 radical (unpaired) electrons. The predicted octanol–water partition coefficient (Wildman–Crippen LogP) is 2.70. The fourth-order valence-electron chi connectivity index (χ4n) is 1.71. The van der Waals surface area contributed by atoms with Crippen LogP contribution in [0.3, 0.4) is 0 Å². The molecule has 3 heteroatoms. The Hall–Kier alpha value is -0.700. The van der Waals surface area contributed by atoms with E-state index in [4.69, 9.17) is 9.47 Å². The molecule has 0 bridgehead atoms. The van der Waals surface area contributed by atoms with Gasteiger partial charge in [0.2, 0.25) is 0 Å². The van der Waals surface area contributed by atoms with Crippen molar-refractivity contribution in [2.75, 3.05) is 13.7 Å². The molecule has 0 aromatic heterocycles. The van der Waals surface area contributed by atoms with Crippen LogP contribution in [0.15, 0.2) is 10.5 Å². The van der Waals surface area contributed by atoms with E-state index in [2.05, 4.69) is 15.9 Å². The van der Waals surface area contributed by atoms with Gasteiger partial charge in [-0.25, -0.2) is 0 Å². The number of hydrogen-bond donors (Lipinski definition) is 0. The number of rotatable bonds is 1. The van der Waals surface area contributed by atoms with E-state index in [0.717, 1.165) is 29.0 Å². The number of fused-ring (bicyclic) bond motifs is 1. The van der Waals surface area contributed by atoms with Crippen molar-refractivity contribution in [2.24, 2.45) is 0 Å². The molecule has 70 valence electrons. The Balaban J connectivity index is 2.65. The van der Waals surface area contributed by atoms with Gasteiger partial charge in [-0.2, -0.15) is 0 Å². The molecule has 2 rings (SSSR count). The third-order valence-corrected chi connectivity index (χ3v) is 2.86. The fraction of sp³-hybridized carbons (Fsp3) is 0.400. The quantitative estimate of drug-likeness (QED) is 0.754.